The predicted molar refractivity (Wildman–Crippen MR) is 96.8 cm³/mol. The summed E-state index contributed by atoms with van der Waals surface area (Å²) in [5.41, 5.74) is 4.36. The lowest BCUT2D eigenvalue weighted by molar-refractivity contribution is -0.140. The van der Waals surface area contributed by atoms with Crippen LogP contribution in [-0.2, 0) is 16.0 Å². The van der Waals surface area contributed by atoms with Gasteiger partial charge in [-0.15, -0.1) is 0 Å². The van der Waals surface area contributed by atoms with Crippen molar-refractivity contribution in [2.45, 2.75) is 40.0 Å². The minimum Gasteiger partial charge on any atom is -0.496 e. The maximum absolute atomic E-state index is 12.7. The van der Waals surface area contributed by atoms with Crippen molar-refractivity contribution in [2.75, 3.05) is 33.3 Å². The van der Waals surface area contributed by atoms with Crippen LogP contribution in [0.2, 0.25) is 0 Å². The van der Waals surface area contributed by atoms with Gasteiger partial charge < -0.3 is 14.5 Å². The molecule has 1 saturated heterocycles. The normalized spacial score (nSPS) is 17.6. The number of benzene rings is 1. The molecule has 0 atom stereocenters. The van der Waals surface area contributed by atoms with E-state index >= 15 is 0 Å². The molecule has 2 aliphatic rings. The lowest BCUT2D eigenvalue weighted by atomic mass is 9.96. The van der Waals surface area contributed by atoms with Crippen LogP contribution in [0.4, 0.5) is 0 Å². The highest BCUT2D eigenvalue weighted by molar-refractivity contribution is 5.82. The maximum atomic E-state index is 12.7. The summed E-state index contributed by atoms with van der Waals surface area (Å²) < 4.78 is 5.46. The molecule has 1 aromatic carbocycles. The number of ether oxygens (including phenoxy) is 1. The number of hydrogen-bond acceptors (Lipinski definition) is 3. The summed E-state index contributed by atoms with van der Waals surface area (Å²) in [6.45, 7) is 8.72. The molecule has 1 aliphatic heterocycles. The van der Waals surface area contributed by atoms with Crippen molar-refractivity contribution in [1.82, 2.24) is 9.80 Å². The van der Waals surface area contributed by atoms with Crippen LogP contribution in [0, 0.1) is 26.7 Å². The number of amides is 2. The third-order valence-electron chi connectivity index (χ3n) is 5.55. The molecule has 5 heteroatoms. The molecule has 2 fully saturated rings. The van der Waals surface area contributed by atoms with Gasteiger partial charge in [0.15, 0.2) is 0 Å². The van der Waals surface area contributed by atoms with Crippen molar-refractivity contribution >= 4 is 11.8 Å². The Bertz CT molecular complexity index is 687. The predicted octanol–water partition coefficient (Wildman–Crippen LogP) is 2.24. The highest BCUT2D eigenvalue weighted by atomic mass is 16.5. The summed E-state index contributed by atoms with van der Waals surface area (Å²) in [4.78, 5) is 28.6. The van der Waals surface area contributed by atoms with Gasteiger partial charge in [0.25, 0.3) is 0 Å². The van der Waals surface area contributed by atoms with Crippen LogP contribution >= 0.6 is 0 Å². The maximum Gasteiger partial charge on any atom is 0.227 e. The quantitative estimate of drug-likeness (QED) is 0.842. The number of aryl methyl sites for hydroxylation is 1. The summed E-state index contributed by atoms with van der Waals surface area (Å²) >= 11 is 0. The number of nitrogens with zero attached hydrogens (tertiary/aromatic N) is 2. The summed E-state index contributed by atoms with van der Waals surface area (Å²) in [6, 6.07) is 2.06. The molecule has 1 aliphatic carbocycles. The number of carbonyl (C=O) groups excluding carboxylic acids is 2. The molecular weight excluding hydrogens is 316 g/mol. The fraction of sp³-hybridized carbons (Fsp3) is 0.600. The van der Waals surface area contributed by atoms with Crippen molar-refractivity contribution in [3.05, 3.63) is 28.3 Å². The number of methoxy groups -OCH3 is 1. The van der Waals surface area contributed by atoms with E-state index in [9.17, 15) is 9.59 Å². The van der Waals surface area contributed by atoms with Gasteiger partial charge in [0, 0.05) is 32.1 Å². The van der Waals surface area contributed by atoms with E-state index in [0.29, 0.717) is 32.6 Å². The molecule has 0 N–H and O–H groups in total. The van der Waals surface area contributed by atoms with Crippen molar-refractivity contribution < 1.29 is 14.3 Å². The van der Waals surface area contributed by atoms with Gasteiger partial charge in [-0.05, 0) is 55.9 Å². The second kappa shape index (κ2) is 7.06. The number of hydrogen-bond donors (Lipinski definition) is 0. The van der Waals surface area contributed by atoms with Gasteiger partial charge in [0.1, 0.15) is 5.75 Å². The average Bonchev–Trinajstić information content (AvgIpc) is 3.44. The SMILES string of the molecule is COc1c(C)cc(CC(=O)N2CCN(C(=O)C3CC3)CC2)c(C)c1C. The van der Waals surface area contributed by atoms with Crippen LogP contribution in [0.1, 0.15) is 35.1 Å². The monoisotopic (exact) mass is 344 g/mol. The van der Waals surface area contributed by atoms with Gasteiger partial charge in [-0.3, -0.25) is 9.59 Å². The zero-order valence-electron chi connectivity index (χ0n) is 15.7. The first kappa shape index (κ1) is 17.8. The summed E-state index contributed by atoms with van der Waals surface area (Å²) in [7, 11) is 1.68. The average molecular weight is 344 g/mol. The molecule has 5 nitrogen and oxygen atoms in total. The van der Waals surface area contributed by atoms with E-state index in [-0.39, 0.29) is 17.7 Å². The van der Waals surface area contributed by atoms with Crippen molar-refractivity contribution in [3.63, 3.8) is 0 Å². The van der Waals surface area contributed by atoms with Crippen LogP contribution in [-0.4, -0.2) is 54.9 Å². The Morgan fingerprint density at radius 3 is 2.20 bits per heavy atom. The van der Waals surface area contributed by atoms with Crippen LogP contribution in [0.15, 0.2) is 6.07 Å². The standard InChI is InChI=1S/C20H28N2O3/c1-13-11-17(14(2)15(3)19(13)25-4)12-18(23)21-7-9-22(10-8-21)20(24)16-5-6-16/h11,16H,5-10,12H2,1-4H3. The van der Waals surface area contributed by atoms with Crippen molar-refractivity contribution in [1.29, 1.82) is 0 Å². The summed E-state index contributed by atoms with van der Waals surface area (Å²) in [6.07, 6.45) is 2.48. The fourth-order valence-electron chi connectivity index (χ4n) is 3.68. The number of piperazine rings is 1. The third kappa shape index (κ3) is 3.65. The summed E-state index contributed by atoms with van der Waals surface area (Å²) in [5.74, 6) is 1.59. The largest absolute Gasteiger partial charge is 0.496 e. The first-order valence-corrected chi connectivity index (χ1v) is 9.12. The van der Waals surface area contributed by atoms with Crippen LogP contribution in [0.5, 0.6) is 5.75 Å². The third-order valence-corrected chi connectivity index (χ3v) is 5.55. The molecule has 0 aromatic heterocycles. The zero-order valence-corrected chi connectivity index (χ0v) is 15.7. The highest BCUT2D eigenvalue weighted by Crippen LogP contribution is 2.31. The van der Waals surface area contributed by atoms with Crippen LogP contribution < -0.4 is 4.74 Å². The second-order valence-corrected chi connectivity index (χ2v) is 7.29. The molecule has 2 amide bonds. The van der Waals surface area contributed by atoms with Crippen LogP contribution in [0.25, 0.3) is 0 Å². The van der Waals surface area contributed by atoms with Crippen molar-refractivity contribution in [2.24, 2.45) is 5.92 Å². The Morgan fingerprint density at radius 2 is 1.64 bits per heavy atom. The Kier molecular flexibility index (Phi) is 5.02. The number of rotatable bonds is 4. The smallest absolute Gasteiger partial charge is 0.227 e. The molecule has 0 bridgehead atoms. The van der Waals surface area contributed by atoms with E-state index in [1.165, 1.54) is 0 Å². The zero-order chi connectivity index (χ0) is 18.1. The van der Waals surface area contributed by atoms with E-state index in [4.69, 9.17) is 4.74 Å². The summed E-state index contributed by atoms with van der Waals surface area (Å²) in [5, 5.41) is 0. The molecular formula is C20H28N2O3. The van der Waals surface area contributed by atoms with E-state index in [1.807, 2.05) is 30.6 Å². The van der Waals surface area contributed by atoms with Gasteiger partial charge in [0.05, 0.1) is 13.5 Å². The van der Waals surface area contributed by atoms with E-state index < -0.39 is 0 Å². The van der Waals surface area contributed by atoms with Gasteiger partial charge in [-0.2, -0.15) is 0 Å². The second-order valence-electron chi connectivity index (χ2n) is 7.29. The first-order chi connectivity index (χ1) is 11.9. The highest BCUT2D eigenvalue weighted by Gasteiger charge is 2.35. The van der Waals surface area contributed by atoms with Crippen molar-refractivity contribution in [3.8, 4) is 5.75 Å². The number of carbonyl (C=O) groups is 2. The molecule has 1 saturated carbocycles. The lowest BCUT2D eigenvalue weighted by Gasteiger charge is -2.35. The molecule has 0 radical (unpaired) electrons. The topological polar surface area (TPSA) is 49.9 Å². The first-order valence-electron chi connectivity index (χ1n) is 9.12. The van der Waals surface area contributed by atoms with Gasteiger partial charge in [-0.1, -0.05) is 6.07 Å². The van der Waals surface area contributed by atoms with Gasteiger partial charge in [-0.25, -0.2) is 0 Å². The molecule has 0 unspecified atom stereocenters. The molecule has 0 spiro atoms. The molecule has 1 aromatic rings. The molecule has 1 heterocycles. The van der Waals surface area contributed by atoms with E-state index in [0.717, 1.165) is 40.8 Å². The van der Waals surface area contributed by atoms with E-state index in [1.54, 1.807) is 7.11 Å². The Hall–Kier alpha value is -2.04. The Balaban J connectivity index is 1.62. The minimum absolute atomic E-state index is 0.144. The molecule has 136 valence electrons. The minimum atomic E-state index is 0.144. The lowest BCUT2D eigenvalue weighted by Crippen LogP contribution is -2.51. The fourth-order valence-corrected chi connectivity index (χ4v) is 3.68. The van der Waals surface area contributed by atoms with E-state index in [2.05, 4.69) is 6.07 Å². The Labute approximate surface area is 149 Å². The van der Waals surface area contributed by atoms with Gasteiger partial charge in [0.2, 0.25) is 11.8 Å². The molecule has 25 heavy (non-hydrogen) atoms. The van der Waals surface area contributed by atoms with Gasteiger partial charge >= 0.3 is 0 Å². The molecule has 3 rings (SSSR count). The van der Waals surface area contributed by atoms with Crippen LogP contribution in [0.3, 0.4) is 0 Å². The Morgan fingerprint density at radius 1 is 1.04 bits per heavy atom.